The first-order valence-electron chi connectivity index (χ1n) is 3.93. The second-order valence-corrected chi connectivity index (χ2v) is 3.90. The molecule has 72 valence electrons. The summed E-state index contributed by atoms with van der Waals surface area (Å²) in [5.74, 6) is -0.478. The maximum Gasteiger partial charge on any atom is 0.356 e. The standard InChI is InChI=1S/C9H7NO3S/c1-5-10-7(9(11)12)8(14-5)6-3-2-4-13-6/h2-4H,1H3,(H,11,12). The lowest BCUT2D eigenvalue weighted by Gasteiger charge is -1.91. The number of nitrogens with zero attached hydrogens (tertiary/aromatic N) is 1. The number of rotatable bonds is 2. The Morgan fingerprint density at radius 2 is 2.43 bits per heavy atom. The lowest BCUT2D eigenvalue weighted by atomic mass is 10.3. The highest BCUT2D eigenvalue weighted by Gasteiger charge is 2.18. The van der Waals surface area contributed by atoms with Crippen LogP contribution < -0.4 is 0 Å². The van der Waals surface area contributed by atoms with Crippen LogP contribution in [0.3, 0.4) is 0 Å². The predicted octanol–water partition coefficient (Wildman–Crippen LogP) is 2.41. The van der Waals surface area contributed by atoms with Crippen molar-refractivity contribution in [2.45, 2.75) is 6.92 Å². The van der Waals surface area contributed by atoms with Crippen LogP contribution in [0.2, 0.25) is 0 Å². The summed E-state index contributed by atoms with van der Waals surface area (Å²) in [6.07, 6.45) is 1.51. The van der Waals surface area contributed by atoms with E-state index in [-0.39, 0.29) is 5.69 Å². The summed E-state index contributed by atoms with van der Waals surface area (Å²) in [6, 6.07) is 3.44. The van der Waals surface area contributed by atoms with Crippen molar-refractivity contribution in [3.8, 4) is 10.6 Å². The average molecular weight is 209 g/mol. The van der Waals surface area contributed by atoms with Crippen LogP contribution in [0.15, 0.2) is 22.8 Å². The molecule has 1 N–H and O–H groups in total. The molecular weight excluding hydrogens is 202 g/mol. The first-order chi connectivity index (χ1) is 6.68. The van der Waals surface area contributed by atoms with E-state index in [4.69, 9.17) is 9.52 Å². The molecule has 0 aliphatic rings. The molecule has 0 saturated heterocycles. The summed E-state index contributed by atoms with van der Waals surface area (Å²) in [5, 5.41) is 9.60. The third kappa shape index (κ3) is 1.42. The molecule has 2 aromatic heterocycles. The summed E-state index contributed by atoms with van der Waals surface area (Å²) >= 11 is 1.31. The van der Waals surface area contributed by atoms with Gasteiger partial charge in [-0.05, 0) is 19.1 Å². The van der Waals surface area contributed by atoms with Crippen LogP contribution in [-0.4, -0.2) is 16.1 Å². The Kier molecular flexibility index (Phi) is 2.09. The fourth-order valence-corrected chi connectivity index (χ4v) is 2.03. The first kappa shape index (κ1) is 8.96. The van der Waals surface area contributed by atoms with Gasteiger partial charge < -0.3 is 9.52 Å². The van der Waals surface area contributed by atoms with Crippen LogP contribution >= 0.6 is 11.3 Å². The maximum atomic E-state index is 10.8. The van der Waals surface area contributed by atoms with Gasteiger partial charge in [0.25, 0.3) is 0 Å². The Hall–Kier alpha value is -1.62. The van der Waals surface area contributed by atoms with E-state index in [9.17, 15) is 4.79 Å². The van der Waals surface area contributed by atoms with Gasteiger partial charge in [-0.2, -0.15) is 0 Å². The third-order valence-corrected chi connectivity index (χ3v) is 2.67. The minimum atomic E-state index is -1.03. The van der Waals surface area contributed by atoms with Crippen LogP contribution in [-0.2, 0) is 0 Å². The zero-order chi connectivity index (χ0) is 10.1. The number of hydrogen-bond acceptors (Lipinski definition) is 4. The summed E-state index contributed by atoms with van der Waals surface area (Å²) in [5.41, 5.74) is 0.0578. The molecule has 0 atom stereocenters. The van der Waals surface area contributed by atoms with E-state index in [0.29, 0.717) is 15.6 Å². The molecule has 0 amide bonds. The average Bonchev–Trinajstić information content (AvgIpc) is 2.70. The lowest BCUT2D eigenvalue weighted by Crippen LogP contribution is -1.98. The van der Waals surface area contributed by atoms with Gasteiger partial charge >= 0.3 is 5.97 Å². The highest BCUT2D eigenvalue weighted by Crippen LogP contribution is 2.30. The van der Waals surface area contributed by atoms with Crippen LogP contribution in [0, 0.1) is 6.92 Å². The minimum Gasteiger partial charge on any atom is -0.476 e. The van der Waals surface area contributed by atoms with E-state index < -0.39 is 5.97 Å². The maximum absolute atomic E-state index is 10.8. The zero-order valence-electron chi connectivity index (χ0n) is 7.35. The molecule has 0 radical (unpaired) electrons. The molecule has 0 unspecified atom stereocenters. The van der Waals surface area contributed by atoms with E-state index in [1.807, 2.05) is 0 Å². The number of aromatic carboxylic acids is 1. The zero-order valence-corrected chi connectivity index (χ0v) is 8.17. The van der Waals surface area contributed by atoms with E-state index in [1.54, 1.807) is 19.1 Å². The third-order valence-electron chi connectivity index (χ3n) is 1.68. The van der Waals surface area contributed by atoms with Gasteiger partial charge in [0.15, 0.2) is 5.69 Å². The second kappa shape index (κ2) is 3.26. The van der Waals surface area contributed by atoms with Gasteiger partial charge in [0.05, 0.1) is 11.3 Å². The molecule has 2 heterocycles. The van der Waals surface area contributed by atoms with E-state index in [2.05, 4.69) is 4.98 Å². The van der Waals surface area contributed by atoms with Gasteiger partial charge in [-0.1, -0.05) is 0 Å². The molecule has 0 saturated carbocycles. The van der Waals surface area contributed by atoms with Crippen molar-refractivity contribution in [3.63, 3.8) is 0 Å². The van der Waals surface area contributed by atoms with Crippen molar-refractivity contribution in [3.05, 3.63) is 29.1 Å². The molecule has 2 rings (SSSR count). The number of furan rings is 1. The molecule has 0 aromatic carbocycles. The number of thiazole rings is 1. The predicted molar refractivity (Wildman–Crippen MR) is 51.5 cm³/mol. The molecular formula is C9H7NO3S. The van der Waals surface area contributed by atoms with Gasteiger partial charge in [0.2, 0.25) is 0 Å². The quantitative estimate of drug-likeness (QED) is 0.824. The monoisotopic (exact) mass is 209 g/mol. The number of aromatic nitrogens is 1. The Balaban J connectivity index is 2.58. The van der Waals surface area contributed by atoms with Crippen molar-refractivity contribution < 1.29 is 14.3 Å². The smallest absolute Gasteiger partial charge is 0.356 e. The molecule has 2 aromatic rings. The van der Waals surface area contributed by atoms with Crippen molar-refractivity contribution in [2.24, 2.45) is 0 Å². The molecule has 0 aliphatic carbocycles. The van der Waals surface area contributed by atoms with Gasteiger partial charge in [-0.15, -0.1) is 11.3 Å². The number of aryl methyl sites for hydroxylation is 1. The topological polar surface area (TPSA) is 63.3 Å². The van der Waals surface area contributed by atoms with Crippen molar-refractivity contribution in [2.75, 3.05) is 0 Å². The van der Waals surface area contributed by atoms with Crippen molar-refractivity contribution in [1.29, 1.82) is 0 Å². The molecule has 5 heteroatoms. The van der Waals surface area contributed by atoms with Crippen LogP contribution in [0.1, 0.15) is 15.5 Å². The Morgan fingerprint density at radius 1 is 1.64 bits per heavy atom. The van der Waals surface area contributed by atoms with E-state index in [1.165, 1.54) is 17.6 Å². The molecule has 14 heavy (non-hydrogen) atoms. The largest absolute Gasteiger partial charge is 0.476 e. The summed E-state index contributed by atoms with van der Waals surface area (Å²) in [6.45, 7) is 1.77. The minimum absolute atomic E-state index is 0.0578. The van der Waals surface area contributed by atoms with Crippen LogP contribution in [0.25, 0.3) is 10.6 Å². The molecule has 0 bridgehead atoms. The fraction of sp³-hybridized carbons (Fsp3) is 0.111. The lowest BCUT2D eigenvalue weighted by molar-refractivity contribution is 0.0692. The molecule has 0 fully saturated rings. The van der Waals surface area contributed by atoms with Crippen molar-refractivity contribution in [1.82, 2.24) is 4.98 Å². The van der Waals surface area contributed by atoms with Crippen LogP contribution in [0.4, 0.5) is 0 Å². The number of carboxylic acid groups (broad SMARTS) is 1. The summed E-state index contributed by atoms with van der Waals surface area (Å²) in [4.78, 5) is 15.3. The van der Waals surface area contributed by atoms with Gasteiger partial charge in [-0.3, -0.25) is 0 Å². The Bertz CT molecular complexity index is 458. The highest BCUT2D eigenvalue weighted by atomic mass is 32.1. The number of hydrogen-bond donors (Lipinski definition) is 1. The fourth-order valence-electron chi connectivity index (χ4n) is 1.15. The first-order valence-corrected chi connectivity index (χ1v) is 4.74. The number of carbonyl (C=O) groups is 1. The highest BCUT2D eigenvalue weighted by molar-refractivity contribution is 7.15. The summed E-state index contributed by atoms with van der Waals surface area (Å²) < 4.78 is 5.13. The molecule has 4 nitrogen and oxygen atoms in total. The van der Waals surface area contributed by atoms with Gasteiger partial charge in [0, 0.05) is 0 Å². The van der Waals surface area contributed by atoms with Gasteiger partial charge in [0.1, 0.15) is 10.6 Å². The van der Waals surface area contributed by atoms with E-state index >= 15 is 0 Å². The Morgan fingerprint density at radius 3 is 3.00 bits per heavy atom. The number of carboxylic acids is 1. The normalized spacial score (nSPS) is 10.4. The SMILES string of the molecule is Cc1nc(C(=O)O)c(-c2ccco2)s1. The van der Waals surface area contributed by atoms with Gasteiger partial charge in [-0.25, -0.2) is 9.78 Å². The second-order valence-electron chi connectivity index (χ2n) is 2.69. The Labute approximate surface area is 83.8 Å². The van der Waals surface area contributed by atoms with E-state index in [0.717, 1.165) is 0 Å². The van der Waals surface area contributed by atoms with Crippen LogP contribution in [0.5, 0.6) is 0 Å². The molecule has 0 spiro atoms. The summed E-state index contributed by atoms with van der Waals surface area (Å²) in [7, 11) is 0. The van der Waals surface area contributed by atoms with Crippen molar-refractivity contribution >= 4 is 17.3 Å². The molecule has 0 aliphatic heterocycles.